The van der Waals surface area contributed by atoms with Crippen LogP contribution in [0, 0.1) is 10.1 Å². The molecule has 21 heavy (non-hydrogen) atoms. The van der Waals surface area contributed by atoms with Crippen molar-refractivity contribution in [2.45, 2.75) is 13.5 Å². The molecule has 2 aromatic rings. The highest BCUT2D eigenvalue weighted by molar-refractivity contribution is 6.32. The molecule has 0 unspecified atom stereocenters. The number of nitrogens with zero attached hydrogens (tertiary/aromatic N) is 3. The van der Waals surface area contributed by atoms with Gasteiger partial charge >= 0.3 is 11.7 Å². The molecule has 0 saturated carbocycles. The van der Waals surface area contributed by atoms with Gasteiger partial charge in [0.05, 0.1) is 11.5 Å². The first-order valence-electron chi connectivity index (χ1n) is 6.16. The normalized spacial score (nSPS) is 10.4. The first-order chi connectivity index (χ1) is 10.0. The number of nitro groups is 1. The van der Waals surface area contributed by atoms with Crippen LogP contribution in [0.4, 0.5) is 5.69 Å². The molecular formula is C13H12ClN3O4. The van der Waals surface area contributed by atoms with Crippen LogP contribution in [0.2, 0.25) is 5.15 Å². The van der Waals surface area contributed by atoms with Crippen LogP contribution in [0.15, 0.2) is 30.3 Å². The highest BCUT2D eigenvalue weighted by Crippen LogP contribution is 2.35. The Kier molecular flexibility index (Phi) is 4.54. The van der Waals surface area contributed by atoms with Crippen LogP contribution in [-0.2, 0) is 16.1 Å². The highest BCUT2D eigenvalue weighted by Gasteiger charge is 2.28. The van der Waals surface area contributed by atoms with Gasteiger partial charge in [0.2, 0.25) is 5.15 Å². The van der Waals surface area contributed by atoms with E-state index in [0.29, 0.717) is 5.56 Å². The van der Waals surface area contributed by atoms with E-state index in [-0.39, 0.29) is 29.7 Å². The van der Waals surface area contributed by atoms with E-state index in [9.17, 15) is 14.9 Å². The van der Waals surface area contributed by atoms with E-state index in [1.807, 2.05) is 0 Å². The van der Waals surface area contributed by atoms with Gasteiger partial charge in [0.1, 0.15) is 6.54 Å². The van der Waals surface area contributed by atoms with Gasteiger partial charge in [0, 0.05) is 5.56 Å². The van der Waals surface area contributed by atoms with Crippen molar-refractivity contribution >= 4 is 23.3 Å². The van der Waals surface area contributed by atoms with Gasteiger partial charge in [0.25, 0.3) is 0 Å². The molecule has 0 saturated heterocycles. The number of halogens is 1. The molecule has 0 N–H and O–H groups in total. The lowest BCUT2D eigenvalue weighted by Gasteiger charge is -2.01. The second kappa shape index (κ2) is 6.36. The summed E-state index contributed by atoms with van der Waals surface area (Å²) < 4.78 is 5.86. The van der Waals surface area contributed by atoms with E-state index in [4.69, 9.17) is 16.3 Å². The molecule has 0 amide bonds. The second-order valence-electron chi connectivity index (χ2n) is 4.07. The molecule has 0 fully saturated rings. The van der Waals surface area contributed by atoms with Crippen molar-refractivity contribution in [1.29, 1.82) is 0 Å². The fourth-order valence-electron chi connectivity index (χ4n) is 1.82. The van der Waals surface area contributed by atoms with Gasteiger partial charge < -0.3 is 4.74 Å². The quantitative estimate of drug-likeness (QED) is 0.481. The predicted molar refractivity (Wildman–Crippen MR) is 76.0 cm³/mol. The summed E-state index contributed by atoms with van der Waals surface area (Å²) in [5.74, 6) is -0.559. The van der Waals surface area contributed by atoms with Crippen LogP contribution in [0.3, 0.4) is 0 Å². The molecule has 0 atom stereocenters. The fraction of sp³-hybridized carbons (Fsp3) is 0.231. The number of ether oxygens (including phenoxy) is 1. The van der Waals surface area contributed by atoms with E-state index in [2.05, 4.69) is 5.10 Å². The standard InChI is InChI=1S/C13H12ClN3O4/c1-2-21-10(18)8-16-13(14)12(17(19)20)11(15-16)9-6-4-3-5-7-9/h3-7H,2,8H2,1H3. The Hall–Kier alpha value is -2.41. The summed E-state index contributed by atoms with van der Waals surface area (Å²) in [5, 5.41) is 15.1. The van der Waals surface area contributed by atoms with Crippen molar-refractivity contribution in [3.8, 4) is 11.3 Å². The lowest BCUT2D eigenvalue weighted by molar-refractivity contribution is -0.384. The van der Waals surface area contributed by atoms with E-state index in [0.717, 1.165) is 4.68 Å². The molecule has 7 nitrogen and oxygen atoms in total. The molecule has 1 aromatic carbocycles. The lowest BCUT2D eigenvalue weighted by Crippen LogP contribution is -2.14. The van der Waals surface area contributed by atoms with Crippen LogP contribution in [-0.4, -0.2) is 27.3 Å². The van der Waals surface area contributed by atoms with Crippen molar-refractivity contribution < 1.29 is 14.5 Å². The van der Waals surface area contributed by atoms with Gasteiger partial charge in [-0.25, -0.2) is 4.68 Å². The first-order valence-corrected chi connectivity index (χ1v) is 6.54. The molecule has 0 radical (unpaired) electrons. The molecule has 0 aliphatic heterocycles. The minimum absolute atomic E-state index is 0.120. The van der Waals surface area contributed by atoms with Gasteiger partial charge in [-0.1, -0.05) is 41.9 Å². The van der Waals surface area contributed by atoms with Crippen LogP contribution in [0.5, 0.6) is 0 Å². The fourth-order valence-corrected chi connectivity index (χ4v) is 2.07. The van der Waals surface area contributed by atoms with Gasteiger partial charge in [0.15, 0.2) is 5.69 Å². The smallest absolute Gasteiger partial charge is 0.333 e. The number of rotatable bonds is 5. The van der Waals surface area contributed by atoms with E-state index in [1.54, 1.807) is 37.3 Å². The molecular weight excluding hydrogens is 298 g/mol. The number of carbonyl (C=O) groups is 1. The summed E-state index contributed by atoms with van der Waals surface area (Å²) in [6, 6.07) is 8.61. The molecule has 2 rings (SSSR count). The maximum atomic E-state index is 11.5. The summed E-state index contributed by atoms with van der Waals surface area (Å²) in [6.45, 7) is 1.60. The Balaban J connectivity index is 2.46. The van der Waals surface area contributed by atoms with Crippen molar-refractivity contribution in [3.05, 3.63) is 45.6 Å². The van der Waals surface area contributed by atoms with Crippen molar-refractivity contribution in [1.82, 2.24) is 9.78 Å². The van der Waals surface area contributed by atoms with E-state index < -0.39 is 10.9 Å². The first kappa shape index (κ1) is 15.0. The molecule has 0 aliphatic carbocycles. The summed E-state index contributed by atoms with van der Waals surface area (Å²) in [4.78, 5) is 22.1. The van der Waals surface area contributed by atoms with Gasteiger partial charge in [-0.3, -0.25) is 14.9 Å². The maximum Gasteiger partial charge on any atom is 0.333 e. The molecule has 0 bridgehead atoms. The third-order valence-corrected chi connectivity index (χ3v) is 3.06. The van der Waals surface area contributed by atoms with Crippen molar-refractivity contribution in [2.75, 3.05) is 6.61 Å². The predicted octanol–water partition coefficient (Wildman–Crippen LogP) is 2.67. The molecule has 0 spiro atoms. The number of hydrogen-bond donors (Lipinski definition) is 0. The average Bonchev–Trinajstić information content (AvgIpc) is 2.77. The third kappa shape index (κ3) is 3.19. The molecule has 0 aliphatic rings. The minimum atomic E-state index is -0.612. The molecule has 1 heterocycles. The summed E-state index contributed by atoms with van der Waals surface area (Å²) in [7, 11) is 0. The summed E-state index contributed by atoms with van der Waals surface area (Å²) >= 11 is 5.97. The number of hydrogen-bond acceptors (Lipinski definition) is 5. The zero-order chi connectivity index (χ0) is 15.4. The van der Waals surface area contributed by atoms with Gasteiger partial charge in [-0.05, 0) is 6.92 Å². The van der Waals surface area contributed by atoms with Gasteiger partial charge in [-0.15, -0.1) is 0 Å². The van der Waals surface area contributed by atoms with E-state index in [1.165, 1.54) is 0 Å². The Bertz CT molecular complexity index is 670. The summed E-state index contributed by atoms with van der Waals surface area (Å²) in [6.07, 6.45) is 0. The SMILES string of the molecule is CCOC(=O)Cn1nc(-c2ccccc2)c([N+](=O)[O-])c1Cl. The summed E-state index contributed by atoms with van der Waals surface area (Å²) in [5.41, 5.74) is 0.343. The van der Waals surface area contributed by atoms with Gasteiger partial charge in [-0.2, -0.15) is 5.10 Å². The Morgan fingerprint density at radius 1 is 1.43 bits per heavy atom. The van der Waals surface area contributed by atoms with Crippen molar-refractivity contribution in [3.63, 3.8) is 0 Å². The Morgan fingerprint density at radius 3 is 2.67 bits per heavy atom. The maximum absolute atomic E-state index is 11.5. The topological polar surface area (TPSA) is 87.3 Å². The highest BCUT2D eigenvalue weighted by atomic mass is 35.5. The zero-order valence-electron chi connectivity index (χ0n) is 11.2. The Morgan fingerprint density at radius 2 is 2.10 bits per heavy atom. The monoisotopic (exact) mass is 309 g/mol. The number of aromatic nitrogens is 2. The Labute approximate surface area is 125 Å². The zero-order valence-corrected chi connectivity index (χ0v) is 11.9. The largest absolute Gasteiger partial charge is 0.465 e. The third-order valence-electron chi connectivity index (χ3n) is 2.68. The number of esters is 1. The second-order valence-corrected chi connectivity index (χ2v) is 4.43. The van der Waals surface area contributed by atoms with Crippen LogP contribution in [0.1, 0.15) is 6.92 Å². The molecule has 110 valence electrons. The van der Waals surface area contributed by atoms with Crippen LogP contribution < -0.4 is 0 Å². The molecule has 1 aromatic heterocycles. The lowest BCUT2D eigenvalue weighted by atomic mass is 10.1. The number of carbonyl (C=O) groups excluding carboxylic acids is 1. The minimum Gasteiger partial charge on any atom is -0.465 e. The van der Waals surface area contributed by atoms with Crippen LogP contribution in [0.25, 0.3) is 11.3 Å². The van der Waals surface area contributed by atoms with Crippen molar-refractivity contribution in [2.24, 2.45) is 0 Å². The average molecular weight is 310 g/mol. The van der Waals surface area contributed by atoms with Crippen LogP contribution >= 0.6 is 11.6 Å². The number of benzene rings is 1. The van der Waals surface area contributed by atoms with E-state index >= 15 is 0 Å². The molecule has 8 heteroatoms.